The third-order valence-electron chi connectivity index (χ3n) is 2.18. The van der Waals surface area contributed by atoms with Crippen molar-refractivity contribution in [2.24, 2.45) is 0 Å². The number of hydrogen-bond donors (Lipinski definition) is 1. The quantitative estimate of drug-likeness (QED) is 0.671. The number of hydrogen-bond acceptors (Lipinski definition) is 1. The molecule has 82 valence electrons. The number of benzene rings is 1. The van der Waals surface area contributed by atoms with E-state index in [1.54, 1.807) is 0 Å². The van der Waals surface area contributed by atoms with E-state index in [1.165, 1.54) is 0 Å². The van der Waals surface area contributed by atoms with Gasteiger partial charge in [0.05, 0.1) is 5.56 Å². The molecule has 0 spiro atoms. The van der Waals surface area contributed by atoms with Crippen molar-refractivity contribution in [1.29, 1.82) is 0 Å². The molecule has 0 aromatic heterocycles. The summed E-state index contributed by atoms with van der Waals surface area (Å²) in [6.45, 7) is 4.88. The van der Waals surface area contributed by atoms with Gasteiger partial charge in [0.2, 0.25) is 0 Å². The average Bonchev–Trinajstić information content (AvgIpc) is 2.22. The highest BCUT2D eigenvalue weighted by atomic mass is 127. The highest BCUT2D eigenvalue weighted by molar-refractivity contribution is 14.1. The fourth-order valence-electron chi connectivity index (χ4n) is 1.29. The largest absolute Gasteiger partial charge is 0.352 e. The number of carbonyl (C=O) groups excluding carboxylic acids is 1. The van der Waals surface area contributed by atoms with E-state index >= 15 is 0 Å². The van der Waals surface area contributed by atoms with Crippen LogP contribution in [0.4, 0.5) is 0 Å². The lowest BCUT2D eigenvalue weighted by Gasteiger charge is -2.06. The van der Waals surface area contributed by atoms with Crippen LogP contribution in [0, 0.1) is 10.5 Å². The number of aryl methyl sites for hydroxylation is 1. The van der Waals surface area contributed by atoms with Crippen LogP contribution in [0.1, 0.15) is 35.7 Å². The van der Waals surface area contributed by atoms with Gasteiger partial charge in [-0.3, -0.25) is 4.79 Å². The van der Waals surface area contributed by atoms with E-state index in [9.17, 15) is 4.79 Å². The SMILES string of the molecule is CCCCNC(=O)c1cc(C)ccc1I. The van der Waals surface area contributed by atoms with Crippen molar-refractivity contribution in [3.63, 3.8) is 0 Å². The fourth-order valence-corrected chi connectivity index (χ4v) is 1.87. The summed E-state index contributed by atoms with van der Waals surface area (Å²) < 4.78 is 1.01. The first-order valence-corrected chi connectivity index (χ1v) is 6.27. The molecule has 15 heavy (non-hydrogen) atoms. The zero-order chi connectivity index (χ0) is 11.3. The van der Waals surface area contributed by atoms with E-state index in [4.69, 9.17) is 0 Å². The van der Waals surface area contributed by atoms with E-state index in [0.29, 0.717) is 0 Å². The Kier molecular flexibility index (Phi) is 5.08. The number of carbonyl (C=O) groups is 1. The van der Waals surface area contributed by atoms with Crippen molar-refractivity contribution in [2.45, 2.75) is 26.7 Å². The highest BCUT2D eigenvalue weighted by Crippen LogP contribution is 2.13. The van der Waals surface area contributed by atoms with E-state index in [-0.39, 0.29) is 5.91 Å². The van der Waals surface area contributed by atoms with Crippen LogP contribution in [0.2, 0.25) is 0 Å². The third-order valence-corrected chi connectivity index (χ3v) is 3.12. The second kappa shape index (κ2) is 6.10. The van der Waals surface area contributed by atoms with Crippen LogP contribution in [0.25, 0.3) is 0 Å². The summed E-state index contributed by atoms with van der Waals surface area (Å²) in [5.74, 6) is 0.0385. The molecule has 2 nitrogen and oxygen atoms in total. The highest BCUT2D eigenvalue weighted by Gasteiger charge is 2.08. The van der Waals surface area contributed by atoms with E-state index in [2.05, 4.69) is 34.8 Å². The molecule has 0 aliphatic carbocycles. The molecule has 0 aliphatic heterocycles. The van der Waals surface area contributed by atoms with Crippen LogP contribution < -0.4 is 5.32 Å². The Bertz CT molecular complexity index is 349. The van der Waals surface area contributed by atoms with Gasteiger partial charge < -0.3 is 5.32 Å². The molecule has 0 aliphatic rings. The molecule has 0 fully saturated rings. The topological polar surface area (TPSA) is 29.1 Å². The maximum absolute atomic E-state index is 11.8. The summed E-state index contributed by atoms with van der Waals surface area (Å²) >= 11 is 2.19. The molecule has 0 radical (unpaired) electrons. The first-order valence-electron chi connectivity index (χ1n) is 5.19. The van der Waals surface area contributed by atoms with Gasteiger partial charge in [0.1, 0.15) is 0 Å². The zero-order valence-corrected chi connectivity index (χ0v) is 11.3. The van der Waals surface area contributed by atoms with E-state index in [0.717, 1.165) is 34.1 Å². The Balaban J connectivity index is 2.68. The molecule has 0 unspecified atom stereocenters. The molecule has 1 aromatic carbocycles. The normalized spacial score (nSPS) is 10.1. The first-order chi connectivity index (χ1) is 7.15. The number of amides is 1. The van der Waals surface area contributed by atoms with Crippen LogP contribution in [0.5, 0.6) is 0 Å². The predicted octanol–water partition coefficient (Wildman–Crippen LogP) is 3.13. The maximum Gasteiger partial charge on any atom is 0.252 e. The minimum Gasteiger partial charge on any atom is -0.352 e. The molecule has 0 saturated carbocycles. The average molecular weight is 317 g/mol. The van der Waals surface area contributed by atoms with Crippen molar-refractivity contribution in [1.82, 2.24) is 5.32 Å². The lowest BCUT2D eigenvalue weighted by Crippen LogP contribution is -2.25. The number of rotatable bonds is 4. The van der Waals surface area contributed by atoms with Crippen molar-refractivity contribution in [3.05, 3.63) is 32.9 Å². The van der Waals surface area contributed by atoms with Gasteiger partial charge in [-0.1, -0.05) is 25.0 Å². The lowest BCUT2D eigenvalue weighted by molar-refractivity contribution is 0.0952. The number of halogens is 1. The Labute approximate surface area is 105 Å². The van der Waals surface area contributed by atoms with Crippen LogP contribution in [0.15, 0.2) is 18.2 Å². The molecular weight excluding hydrogens is 301 g/mol. The van der Waals surface area contributed by atoms with Gasteiger partial charge in [-0.15, -0.1) is 0 Å². The van der Waals surface area contributed by atoms with Crippen molar-refractivity contribution < 1.29 is 4.79 Å². The Morgan fingerprint density at radius 1 is 1.47 bits per heavy atom. The Morgan fingerprint density at radius 2 is 2.20 bits per heavy atom. The summed E-state index contributed by atoms with van der Waals surface area (Å²) in [7, 11) is 0. The van der Waals surface area contributed by atoms with Gasteiger partial charge >= 0.3 is 0 Å². The van der Waals surface area contributed by atoms with Crippen molar-refractivity contribution in [3.8, 4) is 0 Å². The molecule has 0 bridgehead atoms. The molecule has 1 amide bonds. The van der Waals surface area contributed by atoms with Gasteiger partial charge in [-0.05, 0) is 48.1 Å². The summed E-state index contributed by atoms with van der Waals surface area (Å²) in [4.78, 5) is 11.8. The third kappa shape index (κ3) is 3.81. The van der Waals surface area contributed by atoms with Gasteiger partial charge in [0.15, 0.2) is 0 Å². The first kappa shape index (κ1) is 12.5. The van der Waals surface area contributed by atoms with Crippen LogP contribution in [0.3, 0.4) is 0 Å². The molecule has 0 atom stereocenters. The van der Waals surface area contributed by atoms with Gasteiger partial charge in [-0.2, -0.15) is 0 Å². The summed E-state index contributed by atoms with van der Waals surface area (Å²) in [5, 5.41) is 2.92. The molecule has 0 saturated heterocycles. The van der Waals surface area contributed by atoms with Crippen molar-refractivity contribution >= 4 is 28.5 Å². The zero-order valence-electron chi connectivity index (χ0n) is 9.14. The number of nitrogens with one attached hydrogen (secondary N) is 1. The molecular formula is C12H16INO. The minimum absolute atomic E-state index is 0.0385. The minimum atomic E-state index is 0.0385. The van der Waals surface area contributed by atoms with Gasteiger partial charge in [0, 0.05) is 10.1 Å². The molecule has 3 heteroatoms. The summed E-state index contributed by atoms with van der Waals surface area (Å²) in [6, 6.07) is 5.93. The van der Waals surface area contributed by atoms with Gasteiger partial charge in [-0.25, -0.2) is 0 Å². The van der Waals surface area contributed by atoms with E-state index < -0.39 is 0 Å². The standard InChI is InChI=1S/C12H16INO/c1-3-4-7-14-12(15)10-8-9(2)5-6-11(10)13/h5-6,8H,3-4,7H2,1-2H3,(H,14,15). The Hall–Kier alpha value is -0.580. The smallest absolute Gasteiger partial charge is 0.252 e. The molecule has 1 N–H and O–H groups in total. The Morgan fingerprint density at radius 3 is 2.87 bits per heavy atom. The molecule has 1 aromatic rings. The van der Waals surface area contributed by atoms with Crippen LogP contribution >= 0.6 is 22.6 Å². The van der Waals surface area contributed by atoms with Crippen molar-refractivity contribution in [2.75, 3.05) is 6.54 Å². The lowest BCUT2D eigenvalue weighted by atomic mass is 10.1. The predicted molar refractivity (Wildman–Crippen MR) is 71.1 cm³/mol. The number of unbranched alkanes of at least 4 members (excludes halogenated alkanes) is 1. The van der Waals surface area contributed by atoms with E-state index in [1.807, 2.05) is 25.1 Å². The fraction of sp³-hybridized carbons (Fsp3) is 0.417. The maximum atomic E-state index is 11.8. The van der Waals surface area contributed by atoms with Crippen LogP contribution in [-0.2, 0) is 0 Å². The second-order valence-corrected chi connectivity index (χ2v) is 4.75. The summed E-state index contributed by atoms with van der Waals surface area (Å²) in [5.41, 5.74) is 1.91. The molecule has 1 rings (SSSR count). The van der Waals surface area contributed by atoms with Gasteiger partial charge in [0.25, 0.3) is 5.91 Å². The monoisotopic (exact) mass is 317 g/mol. The summed E-state index contributed by atoms with van der Waals surface area (Å²) in [6.07, 6.45) is 2.14. The second-order valence-electron chi connectivity index (χ2n) is 3.59. The van der Waals surface area contributed by atoms with Crippen LogP contribution in [-0.4, -0.2) is 12.5 Å². The molecule has 0 heterocycles.